The van der Waals surface area contributed by atoms with E-state index in [1.807, 2.05) is 47.1 Å². The van der Waals surface area contributed by atoms with Gasteiger partial charge in [0.05, 0.1) is 22.5 Å². The number of rotatable bonds is 7. The number of phenols is 1. The number of carbonyl (C=O) groups excluding carboxylic acids is 6. The number of carbonyl (C=O) groups is 6. The highest BCUT2D eigenvalue weighted by Crippen LogP contribution is 2.41. The Balaban J connectivity index is 0.740. The molecule has 0 saturated carbocycles. The van der Waals surface area contributed by atoms with Crippen molar-refractivity contribution in [3.05, 3.63) is 89.0 Å². The number of fused-ring (bicyclic) bond motifs is 3. The Bertz CT molecular complexity index is 2590. The first-order chi connectivity index (χ1) is 30.9. The van der Waals surface area contributed by atoms with E-state index in [1.54, 1.807) is 30.3 Å². The number of piperazine rings is 2. The summed E-state index contributed by atoms with van der Waals surface area (Å²) in [6, 6.07) is 19.4. The van der Waals surface area contributed by atoms with Crippen molar-refractivity contribution in [3.8, 4) is 17.0 Å². The third-order valence-electron chi connectivity index (χ3n) is 14.1. The molecular formula is C47H50N10O7. The van der Waals surface area contributed by atoms with Gasteiger partial charge in [-0.25, -0.2) is 0 Å². The molecule has 0 spiro atoms. The van der Waals surface area contributed by atoms with E-state index in [2.05, 4.69) is 36.3 Å². The van der Waals surface area contributed by atoms with E-state index in [1.165, 1.54) is 0 Å². The lowest BCUT2D eigenvalue weighted by molar-refractivity contribution is -0.138. The summed E-state index contributed by atoms with van der Waals surface area (Å²) in [5.74, 6) is -1.78. The first kappa shape index (κ1) is 41.0. The van der Waals surface area contributed by atoms with E-state index in [4.69, 9.17) is 5.73 Å². The van der Waals surface area contributed by atoms with Crippen LogP contribution in [0.5, 0.6) is 5.75 Å². The summed E-state index contributed by atoms with van der Waals surface area (Å²) in [6.07, 6.45) is 3.41. The van der Waals surface area contributed by atoms with Crippen molar-refractivity contribution < 1.29 is 33.9 Å². The van der Waals surface area contributed by atoms with Gasteiger partial charge in [-0.3, -0.25) is 39.0 Å². The van der Waals surface area contributed by atoms with Gasteiger partial charge in [0.25, 0.3) is 17.7 Å². The van der Waals surface area contributed by atoms with Crippen LogP contribution >= 0.6 is 0 Å². The van der Waals surface area contributed by atoms with Crippen molar-refractivity contribution in [2.75, 3.05) is 72.8 Å². The molecule has 17 heteroatoms. The number of piperidine rings is 2. The van der Waals surface area contributed by atoms with Crippen molar-refractivity contribution in [2.45, 2.75) is 63.6 Å². The Morgan fingerprint density at radius 2 is 1.42 bits per heavy atom. The van der Waals surface area contributed by atoms with Gasteiger partial charge in [-0.2, -0.15) is 0 Å². The summed E-state index contributed by atoms with van der Waals surface area (Å²) < 4.78 is 0. The molecule has 17 nitrogen and oxygen atoms in total. The molecule has 330 valence electrons. The number of benzene rings is 3. The van der Waals surface area contributed by atoms with Crippen LogP contribution in [0.1, 0.15) is 75.2 Å². The molecule has 6 aliphatic rings. The molecular weight excluding hydrogens is 817 g/mol. The molecule has 5 saturated heterocycles. The SMILES string of the molecule is Cc1c(C(=O)N2CCN(C(=O)C3CCN(c4ccc5c(c4)C(=O)N(C4CCC(=O)NC4=O)C5=O)CC3)CC2)cccc1N1C2CCC1CN(c1cc(-c3ccccc3O)nnc1N)C2. The molecule has 6 aliphatic heterocycles. The van der Waals surface area contributed by atoms with Gasteiger partial charge in [0.1, 0.15) is 11.8 Å². The van der Waals surface area contributed by atoms with Crippen LogP contribution in [0.15, 0.2) is 66.7 Å². The van der Waals surface area contributed by atoms with Crippen LogP contribution in [0.4, 0.5) is 22.9 Å². The number of hydrogen-bond donors (Lipinski definition) is 3. The lowest BCUT2D eigenvalue weighted by Gasteiger charge is -2.44. The van der Waals surface area contributed by atoms with Crippen LogP contribution in [0.2, 0.25) is 0 Å². The lowest BCUT2D eigenvalue weighted by Crippen LogP contribution is -2.54. The molecule has 6 amide bonds. The zero-order valence-electron chi connectivity index (χ0n) is 35.6. The number of para-hydroxylation sites is 1. The minimum Gasteiger partial charge on any atom is -0.507 e. The van der Waals surface area contributed by atoms with Crippen molar-refractivity contribution >= 4 is 58.3 Å². The van der Waals surface area contributed by atoms with E-state index in [-0.39, 0.29) is 59.5 Å². The Morgan fingerprint density at radius 3 is 2.14 bits per heavy atom. The third-order valence-corrected chi connectivity index (χ3v) is 14.1. The van der Waals surface area contributed by atoms with E-state index in [0.29, 0.717) is 74.7 Å². The number of nitrogens with zero attached hydrogens (tertiary/aromatic N) is 8. The number of nitrogen functional groups attached to an aromatic ring is 1. The average molecular weight is 867 g/mol. The third kappa shape index (κ3) is 7.12. The Labute approximate surface area is 369 Å². The van der Waals surface area contributed by atoms with Crippen LogP contribution in [0.3, 0.4) is 0 Å². The highest BCUT2D eigenvalue weighted by Gasteiger charge is 2.45. The normalized spacial score (nSPS) is 22.6. The summed E-state index contributed by atoms with van der Waals surface area (Å²) in [5, 5.41) is 21.2. The predicted molar refractivity (Wildman–Crippen MR) is 237 cm³/mol. The molecule has 2 bridgehead atoms. The number of nitrogens with two attached hydrogens (primary N) is 1. The first-order valence-electron chi connectivity index (χ1n) is 22.2. The van der Waals surface area contributed by atoms with Gasteiger partial charge in [-0.1, -0.05) is 18.2 Å². The maximum Gasteiger partial charge on any atom is 0.262 e. The summed E-state index contributed by atoms with van der Waals surface area (Å²) in [7, 11) is 0. The standard InChI is InChI=1S/C47H50N10O7/c1-27-32(6-4-7-37(27)56-30-9-10-31(56)26-55(25-30)39-24-36(50-51-42(39)48)34-5-2-3-8-40(34)58)45(62)54-21-19-53(20-22-54)44(61)28-15-17-52(18-16-28)29-11-12-33-35(23-29)47(64)57(46(33)63)38-13-14-41(59)49-43(38)60/h2-8,11-12,23-24,28,30-31,38,58H,9-10,13-22,25-26H2,1H3,(H2,48,51)(H,49,59,60). The molecule has 4 aromatic rings. The van der Waals surface area contributed by atoms with Crippen LogP contribution in [0, 0.1) is 12.8 Å². The zero-order chi connectivity index (χ0) is 44.4. The van der Waals surface area contributed by atoms with Crippen LogP contribution in [-0.2, 0) is 14.4 Å². The fraction of sp³-hybridized carbons (Fsp3) is 0.404. The van der Waals surface area contributed by atoms with Crippen molar-refractivity contribution in [1.29, 1.82) is 0 Å². The Morgan fingerprint density at radius 1 is 0.719 bits per heavy atom. The zero-order valence-corrected chi connectivity index (χ0v) is 35.6. The number of nitrogens with one attached hydrogen (secondary N) is 1. The summed E-state index contributed by atoms with van der Waals surface area (Å²) in [5.41, 5.74) is 12.2. The Kier molecular flexibility index (Phi) is 10.4. The van der Waals surface area contributed by atoms with Gasteiger partial charge in [-0.05, 0) is 93.1 Å². The van der Waals surface area contributed by atoms with Crippen molar-refractivity contribution in [3.63, 3.8) is 0 Å². The minimum absolute atomic E-state index is 0.0344. The van der Waals surface area contributed by atoms with E-state index in [0.717, 1.165) is 53.5 Å². The van der Waals surface area contributed by atoms with Gasteiger partial charge in [0, 0.05) is 99.3 Å². The van der Waals surface area contributed by atoms with Crippen molar-refractivity contribution in [2.24, 2.45) is 5.92 Å². The number of aromatic hydroxyl groups is 1. The maximum absolute atomic E-state index is 14.1. The van der Waals surface area contributed by atoms with Gasteiger partial charge >= 0.3 is 0 Å². The molecule has 5 fully saturated rings. The maximum atomic E-state index is 14.1. The molecule has 3 unspecified atom stereocenters. The van der Waals surface area contributed by atoms with E-state index < -0.39 is 29.7 Å². The number of hydrogen-bond acceptors (Lipinski definition) is 13. The van der Waals surface area contributed by atoms with Crippen LogP contribution in [-0.4, -0.2) is 136 Å². The monoisotopic (exact) mass is 866 g/mol. The van der Waals surface area contributed by atoms with E-state index >= 15 is 0 Å². The van der Waals surface area contributed by atoms with Gasteiger partial charge < -0.3 is 35.3 Å². The van der Waals surface area contributed by atoms with Gasteiger partial charge in [-0.15, -0.1) is 10.2 Å². The predicted octanol–water partition coefficient (Wildman–Crippen LogP) is 3.20. The second-order valence-corrected chi connectivity index (χ2v) is 17.7. The molecule has 3 atom stereocenters. The Hall–Kier alpha value is -7.04. The highest BCUT2D eigenvalue weighted by molar-refractivity contribution is 6.23. The summed E-state index contributed by atoms with van der Waals surface area (Å²) >= 11 is 0. The highest BCUT2D eigenvalue weighted by atomic mass is 16.3. The number of amides is 6. The van der Waals surface area contributed by atoms with Crippen LogP contribution in [0.25, 0.3) is 11.3 Å². The number of imide groups is 2. The minimum atomic E-state index is -1.02. The van der Waals surface area contributed by atoms with Crippen LogP contribution < -0.4 is 25.8 Å². The van der Waals surface area contributed by atoms with Gasteiger partial charge in [0.15, 0.2) is 5.82 Å². The molecule has 1 aromatic heterocycles. The topological polar surface area (TPSA) is 206 Å². The molecule has 7 heterocycles. The summed E-state index contributed by atoms with van der Waals surface area (Å²) in [6.45, 7) is 6.46. The molecule has 64 heavy (non-hydrogen) atoms. The second kappa shape index (κ2) is 16.3. The number of anilines is 4. The van der Waals surface area contributed by atoms with E-state index in [9.17, 15) is 33.9 Å². The molecule has 10 rings (SSSR count). The molecule has 0 aliphatic carbocycles. The fourth-order valence-corrected chi connectivity index (χ4v) is 10.7. The van der Waals surface area contributed by atoms with Crippen molar-refractivity contribution in [1.82, 2.24) is 30.2 Å². The smallest absolute Gasteiger partial charge is 0.262 e. The number of phenolic OH excluding ortho intramolecular Hbond substituents is 1. The molecule has 0 radical (unpaired) electrons. The largest absolute Gasteiger partial charge is 0.507 e. The average Bonchev–Trinajstić information content (AvgIpc) is 3.71. The number of aromatic nitrogens is 2. The fourth-order valence-electron chi connectivity index (χ4n) is 10.7. The lowest BCUT2D eigenvalue weighted by atomic mass is 9.94. The molecule has 3 aromatic carbocycles. The quantitative estimate of drug-likeness (QED) is 0.229. The second-order valence-electron chi connectivity index (χ2n) is 17.7. The first-order valence-corrected chi connectivity index (χ1v) is 22.2. The summed E-state index contributed by atoms with van der Waals surface area (Å²) in [4.78, 5) is 90.2. The molecule has 4 N–H and O–H groups in total. The van der Waals surface area contributed by atoms with Gasteiger partial charge in [0.2, 0.25) is 17.7 Å².